The Kier molecular flexibility index (Phi) is 10.7. The van der Waals surface area contributed by atoms with E-state index >= 15 is 0 Å². The Morgan fingerprint density at radius 3 is 1.62 bits per heavy atom. The minimum Gasteiger partial charge on any atom is -0.465 e. The maximum absolute atomic E-state index is 12.9. The van der Waals surface area contributed by atoms with E-state index in [1.165, 1.54) is 12.8 Å². The summed E-state index contributed by atoms with van der Waals surface area (Å²) in [5, 5.41) is 0. The number of rotatable bonds is 12. The molecule has 0 aliphatic heterocycles. The van der Waals surface area contributed by atoms with Crippen LogP contribution in [0.15, 0.2) is 0 Å². The number of hydrogen-bond donors (Lipinski definition) is 0. The maximum atomic E-state index is 12.9. The summed E-state index contributed by atoms with van der Waals surface area (Å²) in [6, 6.07) is 0. The van der Waals surface area contributed by atoms with Crippen molar-refractivity contribution in [2.75, 3.05) is 13.2 Å². The zero-order chi connectivity index (χ0) is 23.8. The molecule has 0 bridgehead atoms. The third kappa shape index (κ3) is 7.30. The van der Waals surface area contributed by atoms with Gasteiger partial charge in [-0.15, -0.1) is 0 Å². The number of ketones is 1. The van der Waals surface area contributed by atoms with Crippen molar-refractivity contribution >= 4 is 11.8 Å². The molecule has 4 nitrogen and oxygen atoms in total. The van der Waals surface area contributed by atoms with Crippen molar-refractivity contribution in [2.45, 2.75) is 124 Å². The molecule has 32 heavy (non-hydrogen) atoms. The number of hydrogen-bond acceptors (Lipinski definition) is 4. The molecule has 4 heteroatoms. The SMILES string of the molecule is CCC(C)(CC)OCC1CCC(COC(=O)C2CCC(C(=O)C(C)(CC)CC)CC2)CC1. The maximum Gasteiger partial charge on any atom is 0.308 e. The van der Waals surface area contributed by atoms with E-state index in [9.17, 15) is 9.59 Å². The molecule has 0 N–H and O–H groups in total. The second kappa shape index (κ2) is 12.5. The van der Waals surface area contributed by atoms with Crippen molar-refractivity contribution < 1.29 is 19.1 Å². The van der Waals surface area contributed by atoms with Crippen LogP contribution in [-0.2, 0) is 19.1 Å². The highest BCUT2D eigenvalue weighted by atomic mass is 16.5. The van der Waals surface area contributed by atoms with Crippen LogP contribution in [-0.4, -0.2) is 30.6 Å². The number of carbonyl (C=O) groups excluding carboxylic acids is 2. The predicted molar refractivity (Wildman–Crippen MR) is 130 cm³/mol. The van der Waals surface area contributed by atoms with Crippen molar-refractivity contribution in [3.8, 4) is 0 Å². The van der Waals surface area contributed by atoms with Crippen molar-refractivity contribution in [2.24, 2.45) is 29.1 Å². The summed E-state index contributed by atoms with van der Waals surface area (Å²) in [6.45, 7) is 14.4. The first-order chi connectivity index (χ1) is 15.2. The van der Waals surface area contributed by atoms with Crippen LogP contribution < -0.4 is 0 Å². The highest BCUT2D eigenvalue weighted by molar-refractivity contribution is 5.87. The van der Waals surface area contributed by atoms with Gasteiger partial charge in [0.2, 0.25) is 0 Å². The van der Waals surface area contributed by atoms with Gasteiger partial charge in [0.1, 0.15) is 5.78 Å². The second-order valence-electron chi connectivity index (χ2n) is 11.2. The Morgan fingerprint density at radius 2 is 1.16 bits per heavy atom. The summed E-state index contributed by atoms with van der Waals surface area (Å²) >= 11 is 0. The quantitative estimate of drug-likeness (QED) is 0.297. The average Bonchev–Trinajstić information content (AvgIpc) is 2.85. The van der Waals surface area contributed by atoms with Gasteiger partial charge in [0.05, 0.1) is 24.7 Å². The van der Waals surface area contributed by atoms with Crippen LogP contribution >= 0.6 is 0 Å². The average molecular weight is 451 g/mol. The lowest BCUT2D eigenvalue weighted by Gasteiger charge is -2.34. The summed E-state index contributed by atoms with van der Waals surface area (Å²) in [5.74, 6) is 1.63. The van der Waals surface area contributed by atoms with Gasteiger partial charge in [-0.2, -0.15) is 0 Å². The minimum atomic E-state index is -0.201. The van der Waals surface area contributed by atoms with E-state index < -0.39 is 0 Å². The summed E-state index contributed by atoms with van der Waals surface area (Å²) < 4.78 is 12.0. The fourth-order valence-electron chi connectivity index (χ4n) is 5.34. The molecule has 2 fully saturated rings. The summed E-state index contributed by atoms with van der Waals surface area (Å²) in [6.07, 6.45) is 11.8. The molecule has 2 rings (SSSR count). The zero-order valence-electron chi connectivity index (χ0n) is 21.8. The molecular formula is C28H50O4. The molecule has 0 saturated heterocycles. The molecular weight excluding hydrogens is 400 g/mol. The van der Waals surface area contributed by atoms with Gasteiger partial charge in [0.15, 0.2) is 0 Å². The first kappa shape index (κ1) is 27.3. The van der Waals surface area contributed by atoms with Gasteiger partial charge in [-0.1, -0.05) is 34.6 Å². The first-order valence-corrected chi connectivity index (χ1v) is 13.5. The van der Waals surface area contributed by atoms with Crippen LogP contribution in [0.5, 0.6) is 0 Å². The number of carbonyl (C=O) groups is 2. The molecule has 0 unspecified atom stereocenters. The molecule has 2 saturated carbocycles. The fourth-order valence-corrected chi connectivity index (χ4v) is 5.34. The van der Waals surface area contributed by atoms with Gasteiger partial charge in [-0.05, 0) is 95.8 Å². The van der Waals surface area contributed by atoms with Crippen LogP contribution in [0.1, 0.15) is 119 Å². The Morgan fingerprint density at radius 1 is 0.688 bits per heavy atom. The fraction of sp³-hybridized carbons (Fsp3) is 0.929. The summed E-state index contributed by atoms with van der Waals surface area (Å²) in [7, 11) is 0. The van der Waals surface area contributed by atoms with Crippen molar-refractivity contribution in [1.29, 1.82) is 0 Å². The summed E-state index contributed by atoms with van der Waals surface area (Å²) in [5.41, 5.74) is -0.185. The van der Waals surface area contributed by atoms with E-state index in [2.05, 4.69) is 41.5 Å². The van der Waals surface area contributed by atoms with Gasteiger partial charge in [-0.25, -0.2) is 0 Å². The van der Waals surface area contributed by atoms with Gasteiger partial charge >= 0.3 is 5.97 Å². The van der Waals surface area contributed by atoms with Crippen molar-refractivity contribution in [3.63, 3.8) is 0 Å². The normalized spacial score (nSPS) is 27.2. The Hall–Kier alpha value is -0.900. The van der Waals surface area contributed by atoms with E-state index in [0.29, 0.717) is 24.2 Å². The number of esters is 1. The molecule has 0 atom stereocenters. The molecule has 2 aliphatic rings. The molecule has 186 valence electrons. The third-order valence-corrected chi connectivity index (χ3v) is 9.18. The van der Waals surface area contributed by atoms with Gasteiger partial charge in [0, 0.05) is 11.3 Å². The molecule has 0 amide bonds. The van der Waals surface area contributed by atoms with Crippen molar-refractivity contribution in [1.82, 2.24) is 0 Å². The van der Waals surface area contributed by atoms with E-state index in [4.69, 9.17) is 9.47 Å². The number of ether oxygens (including phenoxy) is 2. The van der Waals surface area contributed by atoms with Crippen LogP contribution in [0.4, 0.5) is 0 Å². The standard InChI is InChI=1S/C28H50O4/c1-7-27(5,8-2)25(29)23-15-17-24(18-16-23)26(30)31-19-21-11-13-22(14-12-21)20-32-28(6,9-3)10-4/h21-24H,7-20H2,1-6H3. The topological polar surface area (TPSA) is 52.6 Å². The molecule has 2 aliphatic carbocycles. The van der Waals surface area contributed by atoms with E-state index in [1.54, 1.807) is 0 Å². The van der Waals surface area contributed by atoms with Gasteiger partial charge in [0.25, 0.3) is 0 Å². The van der Waals surface area contributed by atoms with Crippen LogP contribution in [0.2, 0.25) is 0 Å². The van der Waals surface area contributed by atoms with Crippen LogP contribution in [0, 0.1) is 29.1 Å². The Labute approximate surface area is 197 Å². The lowest BCUT2D eigenvalue weighted by Crippen LogP contribution is -2.36. The molecule has 0 radical (unpaired) electrons. The molecule has 0 heterocycles. The Bertz CT molecular complexity index is 574. The highest BCUT2D eigenvalue weighted by Gasteiger charge is 2.38. The molecule has 0 aromatic heterocycles. The summed E-state index contributed by atoms with van der Waals surface area (Å²) in [4.78, 5) is 25.6. The van der Waals surface area contributed by atoms with E-state index in [0.717, 1.165) is 70.8 Å². The molecule has 0 aromatic carbocycles. The highest BCUT2D eigenvalue weighted by Crippen LogP contribution is 2.38. The smallest absolute Gasteiger partial charge is 0.308 e. The van der Waals surface area contributed by atoms with Crippen LogP contribution in [0.3, 0.4) is 0 Å². The second-order valence-corrected chi connectivity index (χ2v) is 11.2. The zero-order valence-corrected chi connectivity index (χ0v) is 21.8. The monoisotopic (exact) mass is 450 g/mol. The minimum absolute atomic E-state index is 0.0148. The largest absolute Gasteiger partial charge is 0.465 e. The Balaban J connectivity index is 1.67. The van der Waals surface area contributed by atoms with Crippen molar-refractivity contribution in [3.05, 3.63) is 0 Å². The molecule has 0 spiro atoms. The van der Waals surface area contributed by atoms with E-state index in [-0.39, 0.29) is 28.8 Å². The number of Topliss-reactive ketones (excluding diaryl/α,β-unsaturated/α-hetero) is 1. The lowest BCUT2D eigenvalue weighted by molar-refractivity contribution is -0.153. The van der Waals surface area contributed by atoms with Gasteiger partial charge in [-0.3, -0.25) is 9.59 Å². The first-order valence-electron chi connectivity index (χ1n) is 13.5. The molecule has 0 aromatic rings. The predicted octanol–water partition coefficient (Wildman–Crippen LogP) is 7.13. The van der Waals surface area contributed by atoms with Crippen LogP contribution in [0.25, 0.3) is 0 Å². The lowest BCUT2D eigenvalue weighted by atomic mass is 9.70. The van der Waals surface area contributed by atoms with Gasteiger partial charge < -0.3 is 9.47 Å². The third-order valence-electron chi connectivity index (χ3n) is 9.18. The van der Waals surface area contributed by atoms with E-state index in [1.807, 2.05) is 0 Å².